The van der Waals surface area contributed by atoms with Crippen molar-refractivity contribution in [3.8, 4) is 17.3 Å². The number of carbonyl (C=O) groups is 4. The summed E-state index contributed by atoms with van der Waals surface area (Å²) in [5.41, 5.74) is 0.337. The normalized spacial score (nSPS) is 16.5. The Balaban J connectivity index is 1.50. The van der Waals surface area contributed by atoms with Gasteiger partial charge in [-0.2, -0.15) is 4.98 Å². The van der Waals surface area contributed by atoms with Crippen LogP contribution in [0.5, 0.6) is 5.88 Å². The largest absolute Gasteiger partial charge is 0.481 e. The fraction of sp³-hybridized carbons (Fsp3) is 0.533. The minimum absolute atomic E-state index is 0.00785. The fourth-order valence-electron chi connectivity index (χ4n) is 5.00. The molecule has 1 aliphatic heterocycles. The van der Waals surface area contributed by atoms with Crippen molar-refractivity contribution in [1.29, 1.82) is 0 Å². The van der Waals surface area contributed by atoms with Crippen LogP contribution in [0.2, 0.25) is 0 Å². The number of benzene rings is 1. The predicted octanol–water partition coefficient (Wildman–Crippen LogP) is 3.08. The number of piperazine rings is 1. The lowest BCUT2D eigenvalue weighted by Gasteiger charge is -2.37. The number of nitrogens with zero attached hydrogens (tertiary/aromatic N) is 4. The summed E-state index contributed by atoms with van der Waals surface area (Å²) in [6.45, 7) is 6.85. The monoisotopic (exact) mass is 580 g/mol. The third-order valence-electron chi connectivity index (χ3n) is 7.17. The average molecular weight is 581 g/mol. The Kier molecular flexibility index (Phi) is 9.97. The Morgan fingerprint density at radius 2 is 1.64 bits per heavy atom. The highest BCUT2D eigenvalue weighted by atomic mass is 16.5. The summed E-state index contributed by atoms with van der Waals surface area (Å²) in [4.78, 5) is 63.1. The molecule has 2 heterocycles. The number of amides is 4. The molecule has 2 aliphatic rings. The maximum Gasteiger partial charge on any atom is 0.317 e. The molecule has 1 saturated carbocycles. The lowest BCUT2D eigenvalue weighted by molar-refractivity contribution is -0.138. The van der Waals surface area contributed by atoms with Crippen LogP contribution in [0.3, 0.4) is 0 Å². The van der Waals surface area contributed by atoms with Crippen LogP contribution in [0.15, 0.2) is 36.4 Å². The first-order valence-electron chi connectivity index (χ1n) is 14.5. The molecular formula is C30H40N6O6. The van der Waals surface area contributed by atoms with Crippen molar-refractivity contribution in [3.63, 3.8) is 0 Å². The van der Waals surface area contributed by atoms with E-state index < -0.39 is 23.8 Å². The van der Waals surface area contributed by atoms with Gasteiger partial charge in [0, 0.05) is 49.8 Å². The Bertz CT molecular complexity index is 1270. The van der Waals surface area contributed by atoms with E-state index in [0.717, 1.165) is 25.7 Å². The topological polar surface area (TPSA) is 154 Å². The standard InChI is InChI=1S/C30H40N6O6/c1-30(2,3)34-29(41)36-17-15-35(16-18-36)28(40)22(13-14-25(37)38)32-27(39)23-19-24(42-21-11-7-8-12-21)33-26(31-23)20-9-5-4-6-10-20/h4-6,9-10,19,21-22H,7-8,11-18H2,1-3H3,(H,32,39)(H,34,41)(H,37,38)/t22-/m0/s1. The smallest absolute Gasteiger partial charge is 0.317 e. The van der Waals surface area contributed by atoms with Gasteiger partial charge in [-0.25, -0.2) is 9.78 Å². The minimum Gasteiger partial charge on any atom is -0.481 e. The van der Waals surface area contributed by atoms with Crippen molar-refractivity contribution in [2.24, 2.45) is 0 Å². The van der Waals surface area contributed by atoms with Crippen LogP contribution in [-0.2, 0) is 9.59 Å². The van der Waals surface area contributed by atoms with Gasteiger partial charge in [0.1, 0.15) is 17.8 Å². The van der Waals surface area contributed by atoms with E-state index in [2.05, 4.69) is 20.6 Å². The number of carbonyl (C=O) groups excluding carboxylic acids is 3. The maximum absolute atomic E-state index is 13.5. The first-order chi connectivity index (χ1) is 20.0. The van der Waals surface area contributed by atoms with E-state index in [1.807, 2.05) is 51.1 Å². The van der Waals surface area contributed by atoms with E-state index >= 15 is 0 Å². The summed E-state index contributed by atoms with van der Waals surface area (Å²) < 4.78 is 6.09. The third-order valence-corrected chi connectivity index (χ3v) is 7.17. The number of hydrogen-bond donors (Lipinski definition) is 3. The fourth-order valence-corrected chi connectivity index (χ4v) is 5.00. The molecule has 3 N–H and O–H groups in total. The second kappa shape index (κ2) is 13.6. The molecule has 226 valence electrons. The second-order valence-electron chi connectivity index (χ2n) is 11.8. The van der Waals surface area contributed by atoms with Gasteiger partial charge in [0.25, 0.3) is 5.91 Å². The molecule has 2 aromatic rings. The van der Waals surface area contributed by atoms with E-state index in [1.165, 1.54) is 6.07 Å². The minimum atomic E-state index is -1.09. The number of carboxylic acids is 1. The summed E-state index contributed by atoms with van der Waals surface area (Å²) >= 11 is 0. The number of ether oxygens (including phenoxy) is 1. The van der Waals surface area contributed by atoms with Crippen molar-refractivity contribution in [2.75, 3.05) is 26.2 Å². The summed E-state index contributed by atoms with van der Waals surface area (Å²) in [6, 6.07) is 9.38. The molecule has 1 saturated heterocycles. The zero-order valence-corrected chi connectivity index (χ0v) is 24.5. The summed E-state index contributed by atoms with van der Waals surface area (Å²) in [5, 5.41) is 14.9. The van der Waals surface area contributed by atoms with Crippen molar-refractivity contribution in [1.82, 2.24) is 30.4 Å². The van der Waals surface area contributed by atoms with Crippen LogP contribution in [0.25, 0.3) is 11.4 Å². The molecule has 1 aliphatic carbocycles. The van der Waals surface area contributed by atoms with Crippen LogP contribution in [0.4, 0.5) is 4.79 Å². The van der Waals surface area contributed by atoms with Gasteiger partial charge in [0.2, 0.25) is 11.8 Å². The highest BCUT2D eigenvalue weighted by molar-refractivity contribution is 5.96. The van der Waals surface area contributed by atoms with Gasteiger partial charge < -0.3 is 30.3 Å². The predicted molar refractivity (Wildman–Crippen MR) is 155 cm³/mol. The number of aliphatic carboxylic acids is 1. The summed E-state index contributed by atoms with van der Waals surface area (Å²) in [6.07, 6.45) is 3.56. The Morgan fingerprint density at radius 1 is 1.00 bits per heavy atom. The van der Waals surface area contributed by atoms with E-state index in [-0.39, 0.29) is 55.2 Å². The van der Waals surface area contributed by atoms with Crippen molar-refractivity contribution < 1.29 is 29.0 Å². The van der Waals surface area contributed by atoms with E-state index in [4.69, 9.17) is 4.74 Å². The van der Waals surface area contributed by atoms with Crippen LogP contribution in [0, 0.1) is 0 Å². The van der Waals surface area contributed by atoms with Crippen LogP contribution < -0.4 is 15.4 Å². The van der Waals surface area contributed by atoms with Crippen LogP contribution >= 0.6 is 0 Å². The number of carboxylic acid groups (broad SMARTS) is 1. The number of urea groups is 1. The first-order valence-corrected chi connectivity index (χ1v) is 14.5. The van der Waals surface area contributed by atoms with Crippen LogP contribution in [0.1, 0.15) is 69.8 Å². The Hall–Kier alpha value is -4.22. The number of rotatable bonds is 9. The molecule has 42 heavy (non-hydrogen) atoms. The molecule has 1 aromatic heterocycles. The van der Waals surface area contributed by atoms with Crippen LogP contribution in [-0.4, -0.2) is 92.6 Å². The molecule has 1 atom stereocenters. The van der Waals surface area contributed by atoms with Gasteiger partial charge in [-0.05, 0) is 52.9 Å². The highest BCUT2D eigenvalue weighted by Gasteiger charge is 2.32. The molecule has 4 rings (SSSR count). The van der Waals surface area contributed by atoms with E-state index in [9.17, 15) is 24.3 Å². The Morgan fingerprint density at radius 3 is 2.26 bits per heavy atom. The highest BCUT2D eigenvalue weighted by Crippen LogP contribution is 2.25. The zero-order chi connectivity index (χ0) is 30.3. The molecule has 0 bridgehead atoms. The number of nitrogens with one attached hydrogen (secondary N) is 2. The van der Waals surface area contributed by atoms with Crippen molar-refractivity contribution >= 4 is 23.8 Å². The quantitative estimate of drug-likeness (QED) is 0.409. The second-order valence-corrected chi connectivity index (χ2v) is 11.8. The molecule has 1 aromatic carbocycles. The SMILES string of the molecule is CC(C)(C)NC(=O)N1CCN(C(=O)[C@H](CCC(=O)O)NC(=O)c2cc(OC3CCCC3)nc(-c3ccccc3)n2)CC1. The van der Waals surface area contributed by atoms with Gasteiger partial charge in [-0.15, -0.1) is 0 Å². The first kappa shape index (κ1) is 30.7. The molecule has 4 amide bonds. The molecule has 0 radical (unpaired) electrons. The van der Waals surface area contributed by atoms with Crippen molar-refractivity contribution in [3.05, 3.63) is 42.1 Å². The number of hydrogen-bond acceptors (Lipinski definition) is 7. The Labute approximate surface area is 245 Å². The van der Waals surface area contributed by atoms with Gasteiger partial charge in [-0.1, -0.05) is 30.3 Å². The summed E-state index contributed by atoms with van der Waals surface area (Å²) in [5.74, 6) is -1.52. The average Bonchev–Trinajstić information content (AvgIpc) is 3.47. The lowest BCUT2D eigenvalue weighted by atomic mass is 10.1. The van der Waals surface area contributed by atoms with Crippen molar-refractivity contribution in [2.45, 2.75) is 77.0 Å². The molecule has 0 unspecified atom stereocenters. The molecule has 0 spiro atoms. The van der Waals surface area contributed by atoms with E-state index in [1.54, 1.807) is 9.80 Å². The van der Waals surface area contributed by atoms with E-state index in [0.29, 0.717) is 24.5 Å². The van der Waals surface area contributed by atoms with Gasteiger partial charge >= 0.3 is 12.0 Å². The zero-order valence-electron chi connectivity index (χ0n) is 24.5. The summed E-state index contributed by atoms with van der Waals surface area (Å²) in [7, 11) is 0. The lowest BCUT2D eigenvalue weighted by Crippen LogP contribution is -2.58. The maximum atomic E-state index is 13.5. The molecule has 12 heteroatoms. The van der Waals surface area contributed by atoms with Gasteiger partial charge in [0.05, 0.1) is 0 Å². The number of aromatic nitrogens is 2. The van der Waals surface area contributed by atoms with Gasteiger partial charge in [-0.3, -0.25) is 14.4 Å². The third kappa shape index (κ3) is 8.64. The van der Waals surface area contributed by atoms with Gasteiger partial charge in [0.15, 0.2) is 5.82 Å². The molecule has 2 fully saturated rings. The molecule has 12 nitrogen and oxygen atoms in total. The molecular weight excluding hydrogens is 540 g/mol.